The summed E-state index contributed by atoms with van der Waals surface area (Å²) < 4.78 is 5.28. The number of halogens is 1. The minimum Gasteiger partial charge on any atom is -0.337 e. The summed E-state index contributed by atoms with van der Waals surface area (Å²) in [6, 6.07) is 17.3. The lowest BCUT2D eigenvalue weighted by molar-refractivity contribution is -0.129. The largest absolute Gasteiger partial charge is 0.337 e. The SMILES string of the molecule is C[C@@H](SCc1ccccc1)C(=O)N(C)Cc1nc(-c2ccc(Cl)cc2)no1. The lowest BCUT2D eigenvalue weighted by Crippen LogP contribution is -2.33. The molecule has 27 heavy (non-hydrogen) atoms. The first-order valence-corrected chi connectivity index (χ1v) is 9.94. The first-order valence-electron chi connectivity index (χ1n) is 8.52. The fraction of sp³-hybridized carbons (Fsp3) is 0.250. The van der Waals surface area contributed by atoms with Crippen LogP contribution in [0.3, 0.4) is 0 Å². The Bertz CT molecular complexity index is 884. The summed E-state index contributed by atoms with van der Waals surface area (Å²) in [6.07, 6.45) is 0. The zero-order chi connectivity index (χ0) is 19.2. The maximum Gasteiger partial charge on any atom is 0.246 e. The van der Waals surface area contributed by atoms with E-state index in [-0.39, 0.29) is 17.7 Å². The average molecular weight is 402 g/mol. The molecule has 5 nitrogen and oxygen atoms in total. The van der Waals surface area contributed by atoms with Gasteiger partial charge in [0.05, 0.1) is 11.8 Å². The van der Waals surface area contributed by atoms with Crippen LogP contribution in [-0.4, -0.2) is 33.2 Å². The topological polar surface area (TPSA) is 59.2 Å². The number of nitrogens with zero attached hydrogens (tertiary/aromatic N) is 3. The molecule has 0 radical (unpaired) electrons. The van der Waals surface area contributed by atoms with Crippen molar-refractivity contribution in [1.82, 2.24) is 15.0 Å². The highest BCUT2D eigenvalue weighted by atomic mass is 35.5. The molecule has 3 rings (SSSR count). The Morgan fingerprint density at radius 2 is 1.89 bits per heavy atom. The van der Waals surface area contributed by atoms with Crippen molar-refractivity contribution in [2.24, 2.45) is 0 Å². The molecule has 0 N–H and O–H groups in total. The normalized spacial score (nSPS) is 12.0. The second-order valence-electron chi connectivity index (χ2n) is 6.15. The highest BCUT2D eigenvalue weighted by Crippen LogP contribution is 2.21. The maximum absolute atomic E-state index is 12.6. The number of hydrogen-bond acceptors (Lipinski definition) is 5. The third-order valence-electron chi connectivity index (χ3n) is 4.01. The van der Waals surface area contributed by atoms with Gasteiger partial charge in [0.15, 0.2) is 0 Å². The number of benzene rings is 2. The van der Waals surface area contributed by atoms with Crippen LogP contribution in [0, 0.1) is 0 Å². The first-order chi connectivity index (χ1) is 13.0. The van der Waals surface area contributed by atoms with E-state index in [4.69, 9.17) is 16.1 Å². The molecule has 7 heteroatoms. The summed E-state index contributed by atoms with van der Waals surface area (Å²) in [4.78, 5) is 18.6. The van der Waals surface area contributed by atoms with Crippen molar-refractivity contribution in [3.05, 3.63) is 71.1 Å². The highest BCUT2D eigenvalue weighted by molar-refractivity contribution is 7.99. The summed E-state index contributed by atoms with van der Waals surface area (Å²) in [6.45, 7) is 2.19. The molecule has 0 aliphatic carbocycles. The summed E-state index contributed by atoms with van der Waals surface area (Å²) in [7, 11) is 1.74. The van der Waals surface area contributed by atoms with Gasteiger partial charge in [-0.15, -0.1) is 11.8 Å². The van der Waals surface area contributed by atoms with Crippen LogP contribution < -0.4 is 0 Å². The van der Waals surface area contributed by atoms with Gasteiger partial charge in [-0.1, -0.05) is 47.1 Å². The summed E-state index contributed by atoms with van der Waals surface area (Å²) in [5, 5.41) is 4.47. The van der Waals surface area contributed by atoms with E-state index in [1.807, 2.05) is 37.3 Å². The van der Waals surface area contributed by atoms with E-state index in [9.17, 15) is 4.79 Å². The molecular weight excluding hydrogens is 382 g/mol. The lowest BCUT2D eigenvalue weighted by atomic mass is 10.2. The Balaban J connectivity index is 1.55. The molecule has 0 fully saturated rings. The number of hydrogen-bond donors (Lipinski definition) is 0. The van der Waals surface area contributed by atoms with Crippen molar-refractivity contribution < 1.29 is 9.32 Å². The van der Waals surface area contributed by atoms with Gasteiger partial charge in [-0.2, -0.15) is 4.98 Å². The van der Waals surface area contributed by atoms with Gasteiger partial charge in [-0.05, 0) is 36.8 Å². The van der Waals surface area contributed by atoms with Crippen LogP contribution in [0.2, 0.25) is 5.02 Å². The lowest BCUT2D eigenvalue weighted by Gasteiger charge is -2.19. The standard InChI is InChI=1S/C20H20ClN3O2S/c1-14(27-13-15-6-4-3-5-7-15)20(25)24(2)12-18-22-19(23-26-18)16-8-10-17(21)11-9-16/h3-11,14H,12-13H2,1-2H3/t14-/m1/s1. The molecule has 1 amide bonds. The Labute approximate surface area is 167 Å². The number of carbonyl (C=O) groups is 1. The van der Waals surface area contributed by atoms with Gasteiger partial charge in [-0.3, -0.25) is 4.79 Å². The van der Waals surface area contributed by atoms with E-state index < -0.39 is 0 Å². The molecule has 0 unspecified atom stereocenters. The summed E-state index contributed by atoms with van der Waals surface area (Å²) >= 11 is 7.50. The third-order valence-corrected chi connectivity index (χ3v) is 5.46. The third kappa shape index (κ3) is 5.34. The minimum absolute atomic E-state index is 0.0298. The van der Waals surface area contributed by atoms with Crippen molar-refractivity contribution in [2.45, 2.75) is 24.5 Å². The van der Waals surface area contributed by atoms with Gasteiger partial charge in [0.2, 0.25) is 17.6 Å². The molecule has 140 valence electrons. The zero-order valence-electron chi connectivity index (χ0n) is 15.1. The first kappa shape index (κ1) is 19.5. The predicted molar refractivity (Wildman–Crippen MR) is 108 cm³/mol. The second-order valence-corrected chi connectivity index (χ2v) is 7.92. The molecule has 2 aromatic carbocycles. The van der Waals surface area contributed by atoms with Crippen LogP contribution in [0.4, 0.5) is 0 Å². The average Bonchev–Trinajstić information content (AvgIpc) is 3.15. The van der Waals surface area contributed by atoms with Crippen LogP contribution in [0.5, 0.6) is 0 Å². The fourth-order valence-corrected chi connectivity index (χ4v) is 3.58. The van der Waals surface area contributed by atoms with E-state index in [2.05, 4.69) is 22.3 Å². The Kier molecular flexibility index (Phi) is 6.53. The highest BCUT2D eigenvalue weighted by Gasteiger charge is 2.20. The van der Waals surface area contributed by atoms with E-state index in [1.165, 1.54) is 5.56 Å². The monoisotopic (exact) mass is 401 g/mol. The maximum atomic E-state index is 12.6. The molecule has 0 saturated carbocycles. The van der Waals surface area contributed by atoms with Crippen LogP contribution >= 0.6 is 23.4 Å². The Morgan fingerprint density at radius 1 is 1.19 bits per heavy atom. The molecule has 3 aromatic rings. The van der Waals surface area contributed by atoms with E-state index in [1.54, 1.807) is 35.8 Å². The quantitative estimate of drug-likeness (QED) is 0.575. The van der Waals surface area contributed by atoms with E-state index in [0.29, 0.717) is 16.7 Å². The molecule has 0 aliphatic rings. The molecular formula is C20H20ClN3O2S. The molecule has 0 aliphatic heterocycles. The number of aromatic nitrogens is 2. The van der Waals surface area contributed by atoms with Gasteiger partial charge >= 0.3 is 0 Å². The molecule has 0 spiro atoms. The van der Waals surface area contributed by atoms with Crippen LogP contribution in [-0.2, 0) is 17.1 Å². The van der Waals surface area contributed by atoms with Crippen molar-refractivity contribution in [1.29, 1.82) is 0 Å². The Hall–Kier alpha value is -2.31. The summed E-state index contributed by atoms with van der Waals surface area (Å²) in [5.41, 5.74) is 2.02. The van der Waals surface area contributed by atoms with E-state index in [0.717, 1.165) is 11.3 Å². The van der Waals surface area contributed by atoms with Crippen LogP contribution in [0.25, 0.3) is 11.4 Å². The van der Waals surface area contributed by atoms with Crippen molar-refractivity contribution >= 4 is 29.3 Å². The number of carbonyl (C=O) groups excluding carboxylic acids is 1. The van der Waals surface area contributed by atoms with Gasteiger partial charge < -0.3 is 9.42 Å². The van der Waals surface area contributed by atoms with Crippen molar-refractivity contribution in [2.75, 3.05) is 7.05 Å². The van der Waals surface area contributed by atoms with Gasteiger partial charge in [0.1, 0.15) is 0 Å². The van der Waals surface area contributed by atoms with Crippen LogP contribution in [0.1, 0.15) is 18.4 Å². The molecule has 1 aromatic heterocycles. The zero-order valence-corrected chi connectivity index (χ0v) is 16.7. The molecule has 0 bridgehead atoms. The predicted octanol–water partition coefficient (Wildman–Crippen LogP) is 4.67. The summed E-state index contributed by atoms with van der Waals surface area (Å²) in [5.74, 6) is 1.70. The second kappa shape index (κ2) is 9.06. The molecule has 1 atom stereocenters. The minimum atomic E-state index is -0.158. The fourth-order valence-electron chi connectivity index (χ4n) is 2.49. The van der Waals surface area contributed by atoms with Crippen molar-refractivity contribution in [3.63, 3.8) is 0 Å². The van der Waals surface area contributed by atoms with Crippen molar-refractivity contribution in [3.8, 4) is 11.4 Å². The van der Waals surface area contributed by atoms with Gasteiger partial charge in [0, 0.05) is 23.4 Å². The smallest absolute Gasteiger partial charge is 0.246 e. The number of thioether (sulfide) groups is 1. The van der Waals surface area contributed by atoms with Gasteiger partial charge in [-0.25, -0.2) is 0 Å². The molecule has 1 heterocycles. The number of rotatable bonds is 7. The molecule has 0 saturated heterocycles. The van der Waals surface area contributed by atoms with Crippen LogP contribution in [0.15, 0.2) is 59.1 Å². The van der Waals surface area contributed by atoms with E-state index >= 15 is 0 Å². The number of amides is 1. The van der Waals surface area contributed by atoms with Gasteiger partial charge in [0.25, 0.3) is 0 Å². The Morgan fingerprint density at radius 3 is 2.59 bits per heavy atom.